The van der Waals surface area contributed by atoms with Gasteiger partial charge in [-0.1, -0.05) is 29.8 Å². The molecule has 3 N–H and O–H groups in total. The number of hydrazine groups is 1. The van der Waals surface area contributed by atoms with Gasteiger partial charge in [-0.2, -0.15) is 0 Å². The summed E-state index contributed by atoms with van der Waals surface area (Å²) in [5.41, 5.74) is 4.97. The summed E-state index contributed by atoms with van der Waals surface area (Å²) in [6, 6.07) is 10.6. The van der Waals surface area contributed by atoms with Crippen molar-refractivity contribution < 1.29 is 4.39 Å². The Labute approximate surface area is 137 Å². The lowest BCUT2D eigenvalue weighted by atomic mass is 9.98. The summed E-state index contributed by atoms with van der Waals surface area (Å²) in [6.07, 6.45) is 0. The minimum Gasteiger partial charge on any atom is -0.378 e. The number of nitrogens with zero attached hydrogens (tertiary/aromatic N) is 1. The molecule has 0 aromatic heterocycles. The van der Waals surface area contributed by atoms with Gasteiger partial charge in [-0.3, -0.25) is 5.84 Å². The maximum absolute atomic E-state index is 14.3. The van der Waals surface area contributed by atoms with Gasteiger partial charge < -0.3 is 4.90 Å². The van der Waals surface area contributed by atoms with Crippen LogP contribution in [-0.4, -0.2) is 14.1 Å². The molecular weight excluding hydrogens is 357 g/mol. The van der Waals surface area contributed by atoms with E-state index < -0.39 is 11.9 Å². The molecule has 3 nitrogen and oxygen atoms in total. The normalized spacial score (nSPS) is 12.3. The standard InChI is InChI=1S/C15H16BrClFN3/c1-21(2)10-5-3-9(4-6-10)15(20-19)11-7-8-12(16)13(17)14(11)18/h3-8,15,20H,19H2,1-2H3. The Kier molecular flexibility index (Phi) is 5.22. The highest BCUT2D eigenvalue weighted by molar-refractivity contribution is 9.10. The number of nitrogens with one attached hydrogen (secondary N) is 1. The maximum atomic E-state index is 14.3. The second-order valence-corrected chi connectivity index (χ2v) is 6.08. The fourth-order valence-corrected chi connectivity index (χ4v) is 2.57. The summed E-state index contributed by atoms with van der Waals surface area (Å²) in [5.74, 6) is 5.13. The first kappa shape index (κ1) is 16.2. The van der Waals surface area contributed by atoms with Gasteiger partial charge in [0.1, 0.15) is 5.82 Å². The molecule has 112 valence electrons. The predicted molar refractivity (Wildman–Crippen MR) is 89.0 cm³/mol. The topological polar surface area (TPSA) is 41.3 Å². The quantitative estimate of drug-likeness (QED) is 0.486. The lowest BCUT2D eigenvalue weighted by Crippen LogP contribution is -2.29. The van der Waals surface area contributed by atoms with Gasteiger partial charge >= 0.3 is 0 Å². The first-order valence-corrected chi connectivity index (χ1v) is 7.49. The van der Waals surface area contributed by atoms with Gasteiger partial charge in [0.25, 0.3) is 0 Å². The smallest absolute Gasteiger partial charge is 0.148 e. The van der Waals surface area contributed by atoms with Gasteiger partial charge in [-0.25, -0.2) is 9.82 Å². The third-order valence-corrected chi connectivity index (χ3v) is 4.54. The summed E-state index contributed by atoms with van der Waals surface area (Å²) in [6.45, 7) is 0. The van der Waals surface area contributed by atoms with Crippen LogP contribution in [0.1, 0.15) is 17.2 Å². The van der Waals surface area contributed by atoms with Gasteiger partial charge in [0, 0.05) is 29.8 Å². The predicted octanol–water partition coefficient (Wildman–Crippen LogP) is 3.86. The zero-order valence-corrected chi connectivity index (χ0v) is 14.0. The van der Waals surface area contributed by atoms with Crippen LogP contribution in [0.2, 0.25) is 5.02 Å². The van der Waals surface area contributed by atoms with Gasteiger partial charge in [-0.05, 0) is 39.7 Å². The molecule has 2 rings (SSSR count). The molecule has 0 fully saturated rings. The maximum Gasteiger partial charge on any atom is 0.148 e. The molecule has 0 spiro atoms. The summed E-state index contributed by atoms with van der Waals surface area (Å²) in [4.78, 5) is 1.99. The molecule has 6 heteroatoms. The zero-order valence-electron chi connectivity index (χ0n) is 11.7. The summed E-state index contributed by atoms with van der Waals surface area (Å²) < 4.78 is 14.8. The molecule has 1 atom stereocenters. The van der Waals surface area contributed by atoms with Crippen LogP contribution in [0.3, 0.4) is 0 Å². The second kappa shape index (κ2) is 6.75. The number of halogens is 3. The summed E-state index contributed by atoms with van der Waals surface area (Å²) in [7, 11) is 3.92. The number of benzene rings is 2. The van der Waals surface area contributed by atoms with Crippen molar-refractivity contribution in [3.05, 3.63) is 62.8 Å². The lowest BCUT2D eigenvalue weighted by Gasteiger charge is -2.20. The van der Waals surface area contributed by atoms with Crippen molar-refractivity contribution in [2.45, 2.75) is 6.04 Å². The Morgan fingerprint density at radius 3 is 2.33 bits per heavy atom. The number of nitrogens with two attached hydrogens (primary N) is 1. The Bertz CT molecular complexity index is 632. The number of rotatable bonds is 4. The molecule has 0 amide bonds. The van der Waals surface area contributed by atoms with Crippen molar-refractivity contribution in [3.63, 3.8) is 0 Å². The van der Waals surface area contributed by atoms with Crippen LogP contribution in [0, 0.1) is 5.82 Å². The SMILES string of the molecule is CN(C)c1ccc(C(NN)c2ccc(Br)c(Cl)c2F)cc1. The van der Waals surface area contributed by atoms with Gasteiger partial charge in [0.05, 0.1) is 11.1 Å². The van der Waals surface area contributed by atoms with E-state index in [9.17, 15) is 4.39 Å². The zero-order chi connectivity index (χ0) is 15.6. The minimum atomic E-state index is -0.481. The Morgan fingerprint density at radius 2 is 1.81 bits per heavy atom. The molecule has 0 saturated carbocycles. The van der Waals surface area contributed by atoms with Crippen LogP contribution in [0.4, 0.5) is 10.1 Å². The fourth-order valence-electron chi connectivity index (χ4n) is 2.09. The van der Waals surface area contributed by atoms with Crippen molar-refractivity contribution in [2.75, 3.05) is 19.0 Å². The van der Waals surface area contributed by atoms with E-state index in [1.807, 2.05) is 43.3 Å². The third-order valence-electron chi connectivity index (χ3n) is 3.29. The third kappa shape index (κ3) is 3.37. The number of anilines is 1. The molecule has 0 radical (unpaired) electrons. The largest absolute Gasteiger partial charge is 0.378 e. The van der Waals surface area contributed by atoms with E-state index in [-0.39, 0.29) is 5.02 Å². The van der Waals surface area contributed by atoms with Crippen molar-refractivity contribution in [2.24, 2.45) is 5.84 Å². The van der Waals surface area contributed by atoms with Gasteiger partial charge in [0.15, 0.2) is 0 Å². The van der Waals surface area contributed by atoms with E-state index in [1.54, 1.807) is 12.1 Å². The van der Waals surface area contributed by atoms with Crippen LogP contribution < -0.4 is 16.2 Å². The average Bonchev–Trinajstić information content (AvgIpc) is 2.48. The van der Waals surface area contributed by atoms with E-state index >= 15 is 0 Å². The van der Waals surface area contributed by atoms with Crippen molar-refractivity contribution >= 4 is 33.2 Å². The summed E-state index contributed by atoms with van der Waals surface area (Å²) in [5, 5.41) is 0.0534. The Hall–Kier alpha value is -1.14. The van der Waals surface area contributed by atoms with Gasteiger partial charge in [-0.15, -0.1) is 0 Å². The minimum absolute atomic E-state index is 0.0534. The van der Waals surface area contributed by atoms with Crippen molar-refractivity contribution in [3.8, 4) is 0 Å². The Morgan fingerprint density at radius 1 is 1.19 bits per heavy atom. The molecule has 0 saturated heterocycles. The van der Waals surface area contributed by atoms with E-state index in [0.29, 0.717) is 10.0 Å². The fraction of sp³-hybridized carbons (Fsp3) is 0.200. The first-order valence-electron chi connectivity index (χ1n) is 6.32. The van der Waals surface area contributed by atoms with Crippen LogP contribution in [0.25, 0.3) is 0 Å². The number of hydrogen-bond donors (Lipinski definition) is 2. The molecule has 0 aliphatic rings. The molecule has 2 aromatic rings. The molecule has 0 heterocycles. The highest BCUT2D eigenvalue weighted by Gasteiger charge is 2.19. The van der Waals surface area contributed by atoms with E-state index in [4.69, 9.17) is 17.4 Å². The van der Waals surface area contributed by atoms with E-state index in [0.717, 1.165) is 11.3 Å². The molecule has 1 unspecified atom stereocenters. The van der Waals surface area contributed by atoms with Gasteiger partial charge in [0.2, 0.25) is 0 Å². The summed E-state index contributed by atoms with van der Waals surface area (Å²) >= 11 is 9.14. The monoisotopic (exact) mass is 371 g/mol. The first-order chi connectivity index (χ1) is 9.95. The van der Waals surface area contributed by atoms with E-state index in [2.05, 4.69) is 21.4 Å². The molecule has 0 aliphatic carbocycles. The average molecular weight is 373 g/mol. The highest BCUT2D eigenvalue weighted by Crippen LogP contribution is 2.33. The number of hydrogen-bond acceptors (Lipinski definition) is 3. The van der Waals surface area contributed by atoms with Crippen LogP contribution in [-0.2, 0) is 0 Å². The molecular formula is C15H16BrClFN3. The van der Waals surface area contributed by atoms with E-state index in [1.165, 1.54) is 0 Å². The molecule has 2 aromatic carbocycles. The lowest BCUT2D eigenvalue weighted by molar-refractivity contribution is 0.560. The highest BCUT2D eigenvalue weighted by atomic mass is 79.9. The molecule has 21 heavy (non-hydrogen) atoms. The second-order valence-electron chi connectivity index (χ2n) is 4.85. The molecule has 0 bridgehead atoms. The van der Waals surface area contributed by atoms with Crippen molar-refractivity contribution in [1.29, 1.82) is 0 Å². The van der Waals surface area contributed by atoms with Crippen LogP contribution >= 0.6 is 27.5 Å². The molecule has 0 aliphatic heterocycles. The van der Waals surface area contributed by atoms with Crippen molar-refractivity contribution in [1.82, 2.24) is 5.43 Å². The Balaban J connectivity index is 2.42. The van der Waals surface area contributed by atoms with Crippen LogP contribution in [0.5, 0.6) is 0 Å². The van der Waals surface area contributed by atoms with Crippen LogP contribution in [0.15, 0.2) is 40.9 Å².